The van der Waals surface area contributed by atoms with Crippen LogP contribution in [0.25, 0.3) is 0 Å². The minimum absolute atomic E-state index is 0.202. The number of amides is 1. The monoisotopic (exact) mass is 209 g/mol. The molecule has 1 atom stereocenters. The molecule has 1 aromatic carbocycles. The van der Waals surface area contributed by atoms with Crippen LogP contribution in [0.15, 0.2) is 18.2 Å². The van der Waals surface area contributed by atoms with Crippen molar-refractivity contribution in [1.82, 2.24) is 5.32 Å². The molecule has 1 rings (SSSR count). The Hall–Kier alpha value is -1.75. The lowest BCUT2D eigenvalue weighted by Crippen LogP contribution is -2.30. The second kappa shape index (κ2) is 4.65. The van der Waals surface area contributed by atoms with Gasteiger partial charge >= 0.3 is 0 Å². The lowest BCUT2D eigenvalue weighted by Gasteiger charge is -2.08. The smallest absolute Gasteiger partial charge is 0.251 e. The third kappa shape index (κ3) is 3.47. The van der Waals surface area contributed by atoms with Gasteiger partial charge in [-0.15, -0.1) is 0 Å². The van der Waals surface area contributed by atoms with Gasteiger partial charge in [0.1, 0.15) is 0 Å². The number of hydrogen-bond donors (Lipinski definition) is 4. The van der Waals surface area contributed by atoms with Crippen LogP contribution in [0.1, 0.15) is 17.3 Å². The number of anilines is 2. The number of benzene rings is 1. The van der Waals surface area contributed by atoms with E-state index in [0.29, 0.717) is 16.9 Å². The van der Waals surface area contributed by atoms with Crippen LogP contribution in [-0.2, 0) is 0 Å². The third-order valence-corrected chi connectivity index (χ3v) is 1.80. The van der Waals surface area contributed by atoms with Crippen molar-refractivity contribution in [2.75, 3.05) is 18.0 Å². The number of nitrogens with two attached hydrogens (primary N) is 2. The lowest BCUT2D eigenvalue weighted by molar-refractivity contribution is 0.0924. The summed E-state index contributed by atoms with van der Waals surface area (Å²) in [6.07, 6.45) is -0.577. The van der Waals surface area contributed by atoms with Crippen LogP contribution in [0.5, 0.6) is 0 Å². The van der Waals surface area contributed by atoms with E-state index in [-0.39, 0.29) is 12.5 Å². The molecule has 5 nitrogen and oxygen atoms in total. The van der Waals surface area contributed by atoms with Crippen LogP contribution in [0, 0.1) is 0 Å². The number of aliphatic hydroxyl groups is 1. The maximum Gasteiger partial charge on any atom is 0.251 e. The second-order valence-electron chi connectivity index (χ2n) is 3.45. The zero-order valence-corrected chi connectivity index (χ0v) is 8.53. The molecule has 5 heteroatoms. The predicted molar refractivity (Wildman–Crippen MR) is 59.3 cm³/mol. The van der Waals surface area contributed by atoms with Crippen molar-refractivity contribution in [3.63, 3.8) is 0 Å². The Kier molecular flexibility index (Phi) is 3.51. The largest absolute Gasteiger partial charge is 0.399 e. The van der Waals surface area contributed by atoms with Crippen molar-refractivity contribution < 1.29 is 9.90 Å². The summed E-state index contributed by atoms with van der Waals surface area (Å²) in [4.78, 5) is 11.5. The molecule has 6 N–H and O–H groups in total. The molecule has 0 fully saturated rings. The molecule has 0 aliphatic carbocycles. The molecule has 15 heavy (non-hydrogen) atoms. The van der Waals surface area contributed by atoms with E-state index in [0.717, 1.165) is 0 Å². The standard InChI is InChI=1S/C10H15N3O2/c1-6(14)5-13-10(15)7-2-8(11)4-9(12)3-7/h2-4,6,14H,5,11-12H2,1H3,(H,13,15)/t6-/m0/s1. The Morgan fingerprint density at radius 1 is 1.40 bits per heavy atom. The van der Waals surface area contributed by atoms with Crippen LogP contribution >= 0.6 is 0 Å². The zero-order valence-electron chi connectivity index (χ0n) is 8.53. The van der Waals surface area contributed by atoms with Crippen molar-refractivity contribution >= 4 is 17.3 Å². The Labute approximate surface area is 88.1 Å². The highest BCUT2D eigenvalue weighted by molar-refractivity contribution is 5.96. The molecule has 0 spiro atoms. The normalized spacial score (nSPS) is 12.1. The fourth-order valence-corrected chi connectivity index (χ4v) is 1.15. The predicted octanol–water partition coefficient (Wildman–Crippen LogP) is -0.0384. The Bertz CT molecular complexity index is 343. The molecule has 0 heterocycles. The first kappa shape index (κ1) is 11.3. The van der Waals surface area contributed by atoms with Crippen molar-refractivity contribution in [1.29, 1.82) is 0 Å². The maximum atomic E-state index is 11.5. The second-order valence-corrected chi connectivity index (χ2v) is 3.45. The lowest BCUT2D eigenvalue weighted by atomic mass is 10.1. The Balaban J connectivity index is 2.73. The van der Waals surface area contributed by atoms with E-state index < -0.39 is 6.10 Å². The molecule has 0 aliphatic rings. The minimum atomic E-state index is -0.577. The van der Waals surface area contributed by atoms with Crippen LogP contribution in [0.4, 0.5) is 11.4 Å². The molecule has 0 saturated heterocycles. The fraction of sp³-hybridized carbons (Fsp3) is 0.300. The van der Waals surface area contributed by atoms with E-state index in [1.807, 2.05) is 0 Å². The van der Waals surface area contributed by atoms with Gasteiger partial charge in [0.25, 0.3) is 5.91 Å². The molecule has 0 bridgehead atoms. The number of carbonyl (C=O) groups is 1. The molecule has 0 radical (unpaired) electrons. The summed E-state index contributed by atoms with van der Waals surface area (Å²) in [6, 6.07) is 4.65. The quantitative estimate of drug-likeness (QED) is 0.525. The number of aliphatic hydroxyl groups excluding tert-OH is 1. The van der Waals surface area contributed by atoms with Gasteiger partial charge in [0.2, 0.25) is 0 Å². The molecule has 0 unspecified atom stereocenters. The molecular weight excluding hydrogens is 194 g/mol. The molecule has 0 aromatic heterocycles. The zero-order chi connectivity index (χ0) is 11.4. The highest BCUT2D eigenvalue weighted by Gasteiger charge is 2.07. The van der Waals surface area contributed by atoms with Crippen LogP contribution in [-0.4, -0.2) is 23.7 Å². The summed E-state index contributed by atoms with van der Waals surface area (Å²) in [5.41, 5.74) is 12.4. The van der Waals surface area contributed by atoms with E-state index in [1.165, 1.54) is 12.1 Å². The van der Waals surface area contributed by atoms with Gasteiger partial charge in [-0.05, 0) is 25.1 Å². The molecule has 82 valence electrons. The first-order valence-electron chi connectivity index (χ1n) is 4.61. The number of carbonyl (C=O) groups excluding carboxylic acids is 1. The van der Waals surface area contributed by atoms with Crippen LogP contribution in [0.2, 0.25) is 0 Å². The molecular formula is C10H15N3O2. The minimum Gasteiger partial charge on any atom is -0.399 e. The molecule has 1 amide bonds. The number of nitrogen functional groups attached to an aromatic ring is 2. The first-order chi connectivity index (χ1) is 6.99. The maximum absolute atomic E-state index is 11.5. The molecule has 0 saturated carbocycles. The first-order valence-corrected chi connectivity index (χ1v) is 4.61. The van der Waals surface area contributed by atoms with Crippen molar-refractivity contribution in [3.05, 3.63) is 23.8 Å². The Morgan fingerprint density at radius 2 is 1.93 bits per heavy atom. The SMILES string of the molecule is C[C@H](O)CNC(=O)c1cc(N)cc(N)c1. The van der Waals surface area contributed by atoms with E-state index in [4.69, 9.17) is 16.6 Å². The number of hydrogen-bond acceptors (Lipinski definition) is 4. The van der Waals surface area contributed by atoms with Crippen LogP contribution in [0.3, 0.4) is 0 Å². The summed E-state index contributed by atoms with van der Waals surface area (Å²) in [6.45, 7) is 1.79. The van der Waals surface area contributed by atoms with Gasteiger partial charge in [0, 0.05) is 23.5 Å². The summed E-state index contributed by atoms with van der Waals surface area (Å²) in [5.74, 6) is -0.296. The van der Waals surface area contributed by atoms with E-state index in [2.05, 4.69) is 5.32 Å². The van der Waals surface area contributed by atoms with Crippen molar-refractivity contribution in [2.45, 2.75) is 13.0 Å². The summed E-state index contributed by atoms with van der Waals surface area (Å²) >= 11 is 0. The topological polar surface area (TPSA) is 101 Å². The highest BCUT2D eigenvalue weighted by atomic mass is 16.3. The summed E-state index contributed by atoms with van der Waals surface area (Å²) < 4.78 is 0. The molecule has 1 aromatic rings. The van der Waals surface area contributed by atoms with Gasteiger partial charge in [-0.1, -0.05) is 0 Å². The van der Waals surface area contributed by atoms with E-state index in [1.54, 1.807) is 13.0 Å². The highest BCUT2D eigenvalue weighted by Crippen LogP contribution is 2.13. The van der Waals surface area contributed by atoms with E-state index in [9.17, 15) is 4.79 Å². The Morgan fingerprint density at radius 3 is 2.40 bits per heavy atom. The van der Waals surface area contributed by atoms with Crippen molar-refractivity contribution in [3.8, 4) is 0 Å². The van der Waals surface area contributed by atoms with Gasteiger partial charge in [-0.3, -0.25) is 4.79 Å². The van der Waals surface area contributed by atoms with Gasteiger partial charge in [-0.25, -0.2) is 0 Å². The number of nitrogens with one attached hydrogen (secondary N) is 1. The fourth-order valence-electron chi connectivity index (χ4n) is 1.15. The van der Waals surface area contributed by atoms with E-state index >= 15 is 0 Å². The van der Waals surface area contributed by atoms with Crippen molar-refractivity contribution in [2.24, 2.45) is 0 Å². The van der Waals surface area contributed by atoms with Gasteiger partial charge in [-0.2, -0.15) is 0 Å². The third-order valence-electron chi connectivity index (χ3n) is 1.80. The van der Waals surface area contributed by atoms with Gasteiger partial charge in [0.15, 0.2) is 0 Å². The average Bonchev–Trinajstić information content (AvgIpc) is 2.12. The summed E-state index contributed by atoms with van der Waals surface area (Å²) in [7, 11) is 0. The van der Waals surface area contributed by atoms with Crippen LogP contribution < -0.4 is 16.8 Å². The van der Waals surface area contributed by atoms with Gasteiger partial charge < -0.3 is 21.9 Å². The van der Waals surface area contributed by atoms with Gasteiger partial charge in [0.05, 0.1) is 6.10 Å². The number of rotatable bonds is 3. The molecule has 0 aliphatic heterocycles. The average molecular weight is 209 g/mol. The summed E-state index contributed by atoms with van der Waals surface area (Å²) in [5, 5.41) is 11.5.